The average Bonchev–Trinajstić information content (AvgIpc) is 2.37. The zero-order valence-corrected chi connectivity index (χ0v) is 12.4. The van der Waals surface area contributed by atoms with Gasteiger partial charge in [-0.3, -0.25) is 4.79 Å². The maximum absolute atomic E-state index is 13.0. The third kappa shape index (κ3) is 3.25. The van der Waals surface area contributed by atoms with E-state index in [-0.39, 0.29) is 11.3 Å². The molecule has 0 saturated carbocycles. The monoisotopic (exact) mass is 307 g/mol. The largest absolute Gasteiger partial charge is 0.398 e. The maximum atomic E-state index is 13.0. The number of carbonyl (C=O) groups is 1. The number of rotatable bonds is 3. The van der Waals surface area contributed by atoms with E-state index in [2.05, 4.69) is 5.32 Å². The number of hydrogen-bond donors (Lipinski definition) is 2. The molecule has 1 amide bonds. The smallest absolute Gasteiger partial charge is 0.257 e. The molecule has 0 radical (unpaired) electrons. The van der Waals surface area contributed by atoms with Gasteiger partial charge in [0.1, 0.15) is 5.82 Å². The quantitative estimate of drug-likeness (QED) is 0.855. The van der Waals surface area contributed by atoms with Gasteiger partial charge in [0, 0.05) is 19.8 Å². The second-order valence-electron chi connectivity index (χ2n) is 4.72. The lowest BCUT2D eigenvalue weighted by molar-refractivity contribution is 0.102. The van der Waals surface area contributed by atoms with Crippen LogP contribution in [-0.2, 0) is 0 Å². The Morgan fingerprint density at radius 3 is 2.62 bits per heavy atom. The molecule has 0 atom stereocenters. The van der Waals surface area contributed by atoms with Gasteiger partial charge < -0.3 is 16.0 Å². The van der Waals surface area contributed by atoms with Gasteiger partial charge in [0.05, 0.1) is 22.0 Å². The van der Waals surface area contributed by atoms with Crippen molar-refractivity contribution < 1.29 is 9.18 Å². The van der Waals surface area contributed by atoms with Gasteiger partial charge in [-0.1, -0.05) is 17.7 Å². The van der Waals surface area contributed by atoms with E-state index in [9.17, 15) is 9.18 Å². The number of nitrogens with one attached hydrogen (secondary N) is 1. The fourth-order valence-corrected chi connectivity index (χ4v) is 2.34. The Labute approximate surface area is 127 Å². The van der Waals surface area contributed by atoms with Gasteiger partial charge in [0.15, 0.2) is 0 Å². The van der Waals surface area contributed by atoms with Crippen LogP contribution in [0, 0.1) is 5.82 Å². The normalized spacial score (nSPS) is 10.3. The molecule has 21 heavy (non-hydrogen) atoms. The van der Waals surface area contributed by atoms with Gasteiger partial charge in [-0.05, 0) is 30.3 Å². The Bertz CT molecular complexity index is 689. The molecule has 0 spiro atoms. The number of nitrogens with two attached hydrogens (primary N) is 1. The topological polar surface area (TPSA) is 58.4 Å². The highest BCUT2D eigenvalue weighted by Gasteiger charge is 2.15. The minimum absolute atomic E-state index is 0.0842. The minimum Gasteiger partial charge on any atom is -0.398 e. The van der Waals surface area contributed by atoms with Gasteiger partial charge in [0.25, 0.3) is 5.91 Å². The number of carbonyl (C=O) groups excluding carboxylic acids is 1. The van der Waals surface area contributed by atoms with Crippen LogP contribution in [0.2, 0.25) is 5.02 Å². The van der Waals surface area contributed by atoms with Crippen LogP contribution in [0.25, 0.3) is 0 Å². The lowest BCUT2D eigenvalue weighted by atomic mass is 10.1. The second kappa shape index (κ2) is 6.01. The van der Waals surface area contributed by atoms with Crippen LogP contribution in [-0.4, -0.2) is 20.0 Å². The molecule has 0 unspecified atom stereocenters. The van der Waals surface area contributed by atoms with E-state index in [1.54, 1.807) is 23.1 Å². The summed E-state index contributed by atoms with van der Waals surface area (Å²) in [6, 6.07) is 8.85. The summed E-state index contributed by atoms with van der Waals surface area (Å²) in [5.41, 5.74) is 7.20. The van der Waals surface area contributed by atoms with Crippen LogP contribution in [0.1, 0.15) is 10.4 Å². The molecular weight excluding hydrogens is 293 g/mol. The Balaban J connectivity index is 2.34. The van der Waals surface area contributed by atoms with E-state index in [1.807, 2.05) is 14.1 Å². The number of anilines is 3. The van der Waals surface area contributed by atoms with Crippen LogP contribution in [0.3, 0.4) is 0 Å². The first kappa shape index (κ1) is 15.1. The van der Waals surface area contributed by atoms with Crippen LogP contribution in [0.15, 0.2) is 36.4 Å². The molecule has 6 heteroatoms. The van der Waals surface area contributed by atoms with Crippen molar-refractivity contribution in [2.24, 2.45) is 0 Å². The van der Waals surface area contributed by atoms with Crippen LogP contribution < -0.4 is 16.0 Å². The average molecular weight is 308 g/mol. The molecule has 0 bridgehead atoms. The fourth-order valence-electron chi connectivity index (χ4n) is 2.00. The highest BCUT2D eigenvalue weighted by Crippen LogP contribution is 2.32. The summed E-state index contributed by atoms with van der Waals surface area (Å²) >= 11 is 6.14. The Kier molecular flexibility index (Phi) is 4.33. The van der Waals surface area contributed by atoms with Crippen LogP contribution in [0.4, 0.5) is 21.5 Å². The zero-order chi connectivity index (χ0) is 15.6. The molecule has 2 aromatic carbocycles. The standard InChI is InChI=1S/C15H15ClFN3O/c1-20(2)14-11(16)4-3-5-13(14)19-15(21)10-7-6-9(17)8-12(10)18/h3-8H,18H2,1-2H3,(H,19,21). The van der Waals surface area contributed by atoms with Gasteiger partial charge >= 0.3 is 0 Å². The first-order chi connectivity index (χ1) is 9.90. The molecule has 0 aromatic heterocycles. The van der Waals surface area contributed by atoms with E-state index in [4.69, 9.17) is 17.3 Å². The summed E-state index contributed by atoms with van der Waals surface area (Å²) in [6.45, 7) is 0. The minimum atomic E-state index is -0.485. The Morgan fingerprint density at radius 1 is 1.29 bits per heavy atom. The summed E-state index contributed by atoms with van der Waals surface area (Å²) in [7, 11) is 3.65. The highest BCUT2D eigenvalue weighted by molar-refractivity contribution is 6.34. The molecule has 4 nitrogen and oxygen atoms in total. The number of halogens is 2. The van der Waals surface area contributed by atoms with Crippen molar-refractivity contribution in [1.29, 1.82) is 0 Å². The first-order valence-corrected chi connectivity index (χ1v) is 6.60. The van der Waals surface area contributed by atoms with E-state index < -0.39 is 11.7 Å². The van der Waals surface area contributed by atoms with Gasteiger partial charge in [0.2, 0.25) is 0 Å². The van der Waals surface area contributed by atoms with Gasteiger partial charge in [-0.25, -0.2) is 4.39 Å². The summed E-state index contributed by atoms with van der Waals surface area (Å²) < 4.78 is 13.0. The van der Waals surface area contributed by atoms with Crippen molar-refractivity contribution in [1.82, 2.24) is 0 Å². The molecular formula is C15H15ClFN3O. The lowest BCUT2D eigenvalue weighted by Crippen LogP contribution is -2.18. The Morgan fingerprint density at radius 2 is 2.00 bits per heavy atom. The van der Waals surface area contributed by atoms with Gasteiger partial charge in [-0.2, -0.15) is 0 Å². The molecule has 3 N–H and O–H groups in total. The molecule has 0 fully saturated rings. The van der Waals surface area contributed by atoms with Crippen molar-refractivity contribution in [2.45, 2.75) is 0 Å². The van der Waals surface area contributed by atoms with Gasteiger partial charge in [-0.15, -0.1) is 0 Å². The first-order valence-electron chi connectivity index (χ1n) is 6.22. The second-order valence-corrected chi connectivity index (χ2v) is 5.12. The lowest BCUT2D eigenvalue weighted by Gasteiger charge is -2.19. The van der Waals surface area contributed by atoms with Crippen molar-refractivity contribution in [3.05, 3.63) is 52.8 Å². The van der Waals surface area contributed by atoms with E-state index in [0.29, 0.717) is 16.4 Å². The molecule has 0 aliphatic heterocycles. The Hall–Kier alpha value is -2.27. The fraction of sp³-hybridized carbons (Fsp3) is 0.133. The van der Waals surface area contributed by atoms with E-state index >= 15 is 0 Å². The molecule has 0 aliphatic carbocycles. The summed E-state index contributed by atoms with van der Waals surface area (Å²) in [4.78, 5) is 14.1. The van der Waals surface area contributed by atoms with Crippen molar-refractivity contribution in [3.63, 3.8) is 0 Å². The number of benzene rings is 2. The summed E-state index contributed by atoms with van der Waals surface area (Å²) in [6.07, 6.45) is 0. The highest BCUT2D eigenvalue weighted by atomic mass is 35.5. The molecule has 2 aromatic rings. The van der Waals surface area contributed by atoms with Crippen molar-refractivity contribution in [3.8, 4) is 0 Å². The molecule has 2 rings (SSSR count). The van der Waals surface area contributed by atoms with Crippen LogP contribution in [0.5, 0.6) is 0 Å². The summed E-state index contributed by atoms with van der Waals surface area (Å²) in [5, 5.41) is 3.26. The number of hydrogen-bond acceptors (Lipinski definition) is 3. The third-order valence-electron chi connectivity index (χ3n) is 2.94. The third-order valence-corrected chi connectivity index (χ3v) is 3.25. The SMILES string of the molecule is CN(C)c1c(Cl)cccc1NC(=O)c1ccc(F)cc1N. The predicted octanol–water partition coefficient (Wildman–Crippen LogP) is 3.38. The molecule has 0 heterocycles. The zero-order valence-electron chi connectivity index (χ0n) is 11.7. The maximum Gasteiger partial charge on any atom is 0.257 e. The number of nitrogens with zero attached hydrogens (tertiary/aromatic N) is 1. The predicted molar refractivity (Wildman–Crippen MR) is 84.5 cm³/mol. The summed E-state index contributed by atoms with van der Waals surface area (Å²) in [5.74, 6) is -0.904. The van der Waals surface area contributed by atoms with Crippen molar-refractivity contribution in [2.75, 3.05) is 30.0 Å². The number of nitrogen functional groups attached to an aromatic ring is 1. The van der Waals surface area contributed by atoms with Crippen LogP contribution >= 0.6 is 11.6 Å². The molecule has 0 aliphatic rings. The molecule has 110 valence electrons. The number of amides is 1. The van der Waals surface area contributed by atoms with E-state index in [1.165, 1.54) is 12.1 Å². The van der Waals surface area contributed by atoms with E-state index in [0.717, 1.165) is 6.07 Å². The molecule has 0 saturated heterocycles. The number of para-hydroxylation sites is 1. The van der Waals surface area contributed by atoms with Crippen molar-refractivity contribution >= 4 is 34.6 Å².